The first kappa shape index (κ1) is 18.7. The van der Waals surface area contributed by atoms with Crippen molar-refractivity contribution in [2.75, 3.05) is 23.4 Å². The standard InChI is InChI=1S/C21H20N4O4/c1-3-25-17-11-15(6-9-18(17)28-12-20(25)27)21-23-19(29-24-21)10-14-4-7-16(8-5-14)22-13(2)26/h4-9,11H,3,10,12H2,1-2H3,(H,22,26). The van der Waals surface area contributed by atoms with Crippen LogP contribution in [0.5, 0.6) is 5.75 Å². The van der Waals surface area contributed by atoms with Crippen molar-refractivity contribution in [1.29, 1.82) is 0 Å². The predicted octanol–water partition coefficient (Wildman–Crippen LogP) is 3.03. The Hall–Kier alpha value is -3.68. The minimum absolute atomic E-state index is 0.0489. The zero-order chi connectivity index (χ0) is 20.4. The average Bonchev–Trinajstić information content (AvgIpc) is 3.17. The molecule has 0 fully saturated rings. The molecular weight excluding hydrogens is 372 g/mol. The molecule has 0 radical (unpaired) electrons. The molecule has 0 unspecified atom stereocenters. The minimum Gasteiger partial charge on any atom is -0.482 e. The first-order chi connectivity index (χ1) is 14.0. The van der Waals surface area contributed by atoms with E-state index in [4.69, 9.17) is 9.26 Å². The minimum atomic E-state index is -0.113. The van der Waals surface area contributed by atoms with Crippen LogP contribution in [0.1, 0.15) is 25.3 Å². The molecular formula is C21H20N4O4. The third-order valence-corrected chi connectivity index (χ3v) is 4.57. The van der Waals surface area contributed by atoms with Crippen LogP contribution < -0.4 is 15.0 Å². The van der Waals surface area contributed by atoms with E-state index in [-0.39, 0.29) is 18.4 Å². The summed E-state index contributed by atoms with van der Waals surface area (Å²) in [4.78, 5) is 29.3. The van der Waals surface area contributed by atoms with Crippen LogP contribution in [-0.4, -0.2) is 35.1 Å². The van der Waals surface area contributed by atoms with Crippen molar-refractivity contribution in [2.45, 2.75) is 20.3 Å². The molecule has 0 saturated heterocycles. The van der Waals surface area contributed by atoms with Crippen LogP contribution in [0.4, 0.5) is 11.4 Å². The number of amides is 2. The Bertz CT molecular complexity index is 1060. The van der Waals surface area contributed by atoms with Gasteiger partial charge in [-0.25, -0.2) is 0 Å². The van der Waals surface area contributed by atoms with Crippen LogP contribution in [0.3, 0.4) is 0 Å². The molecule has 29 heavy (non-hydrogen) atoms. The molecule has 8 heteroatoms. The van der Waals surface area contributed by atoms with E-state index in [2.05, 4.69) is 15.5 Å². The Morgan fingerprint density at radius 3 is 2.72 bits per heavy atom. The van der Waals surface area contributed by atoms with Gasteiger partial charge in [0.05, 0.1) is 12.1 Å². The lowest BCUT2D eigenvalue weighted by Gasteiger charge is -2.28. The molecule has 1 aliphatic heterocycles. The Kier molecular flexibility index (Phi) is 4.99. The highest BCUT2D eigenvalue weighted by Crippen LogP contribution is 2.35. The molecule has 0 spiro atoms. The summed E-state index contributed by atoms with van der Waals surface area (Å²) in [6, 6.07) is 13.0. The fourth-order valence-electron chi connectivity index (χ4n) is 3.22. The second kappa shape index (κ2) is 7.75. The van der Waals surface area contributed by atoms with Gasteiger partial charge in [0.15, 0.2) is 6.61 Å². The largest absolute Gasteiger partial charge is 0.482 e. The molecule has 1 aromatic heterocycles. The Balaban J connectivity index is 1.53. The fraction of sp³-hybridized carbons (Fsp3) is 0.238. The second-order valence-electron chi connectivity index (χ2n) is 6.68. The molecule has 0 bridgehead atoms. The molecule has 1 aliphatic rings. The lowest BCUT2D eigenvalue weighted by atomic mass is 10.1. The maximum atomic E-state index is 12.1. The van der Waals surface area contributed by atoms with E-state index < -0.39 is 0 Å². The molecule has 3 aromatic rings. The molecule has 0 saturated carbocycles. The number of hydrogen-bond acceptors (Lipinski definition) is 6. The van der Waals surface area contributed by atoms with Gasteiger partial charge in [0.2, 0.25) is 17.6 Å². The monoisotopic (exact) mass is 392 g/mol. The van der Waals surface area contributed by atoms with E-state index in [0.29, 0.717) is 36.1 Å². The normalized spacial score (nSPS) is 13.0. The van der Waals surface area contributed by atoms with Gasteiger partial charge in [-0.05, 0) is 42.8 Å². The number of anilines is 2. The SMILES string of the molecule is CCN1C(=O)COc2ccc(-c3noc(Cc4ccc(NC(C)=O)cc4)n3)cc21. The molecule has 2 amide bonds. The van der Waals surface area contributed by atoms with E-state index in [1.54, 1.807) is 4.90 Å². The molecule has 148 valence electrons. The lowest BCUT2D eigenvalue weighted by Crippen LogP contribution is -2.38. The molecule has 4 rings (SSSR count). The van der Waals surface area contributed by atoms with Crippen LogP contribution >= 0.6 is 0 Å². The van der Waals surface area contributed by atoms with Gasteiger partial charge >= 0.3 is 0 Å². The van der Waals surface area contributed by atoms with E-state index >= 15 is 0 Å². The van der Waals surface area contributed by atoms with Crippen molar-refractivity contribution < 1.29 is 18.8 Å². The van der Waals surface area contributed by atoms with Crippen molar-refractivity contribution in [2.24, 2.45) is 0 Å². The van der Waals surface area contributed by atoms with Crippen LogP contribution in [-0.2, 0) is 16.0 Å². The van der Waals surface area contributed by atoms with E-state index in [1.165, 1.54) is 6.92 Å². The van der Waals surface area contributed by atoms with Crippen molar-refractivity contribution >= 4 is 23.2 Å². The molecule has 0 aliphatic carbocycles. The zero-order valence-corrected chi connectivity index (χ0v) is 16.1. The van der Waals surface area contributed by atoms with Gasteiger partial charge in [0.1, 0.15) is 5.75 Å². The van der Waals surface area contributed by atoms with Crippen LogP contribution in [0.15, 0.2) is 47.0 Å². The summed E-state index contributed by atoms with van der Waals surface area (Å²) in [6.45, 7) is 4.00. The smallest absolute Gasteiger partial charge is 0.265 e. The van der Waals surface area contributed by atoms with Gasteiger partial charge in [-0.3, -0.25) is 9.59 Å². The van der Waals surface area contributed by atoms with Gasteiger partial charge in [-0.15, -0.1) is 0 Å². The molecule has 8 nitrogen and oxygen atoms in total. The number of likely N-dealkylation sites (N-methyl/N-ethyl adjacent to an activating group) is 1. The van der Waals surface area contributed by atoms with Crippen LogP contribution in [0, 0.1) is 0 Å². The van der Waals surface area contributed by atoms with Crippen LogP contribution in [0.2, 0.25) is 0 Å². The number of nitrogens with zero attached hydrogens (tertiary/aromatic N) is 3. The first-order valence-corrected chi connectivity index (χ1v) is 9.30. The number of ether oxygens (including phenoxy) is 1. The lowest BCUT2D eigenvalue weighted by molar-refractivity contribution is -0.121. The van der Waals surface area contributed by atoms with E-state index in [0.717, 1.165) is 16.8 Å². The number of carbonyl (C=O) groups is 2. The summed E-state index contributed by atoms with van der Waals surface area (Å²) in [6.07, 6.45) is 0.473. The summed E-state index contributed by atoms with van der Waals surface area (Å²) in [5.74, 6) is 1.40. The van der Waals surface area contributed by atoms with Crippen molar-refractivity contribution in [1.82, 2.24) is 10.1 Å². The van der Waals surface area contributed by atoms with Crippen LogP contribution in [0.25, 0.3) is 11.4 Å². The summed E-state index contributed by atoms with van der Waals surface area (Å²) >= 11 is 0. The van der Waals surface area contributed by atoms with Gasteiger partial charge in [0, 0.05) is 24.7 Å². The number of aromatic nitrogens is 2. The third kappa shape index (κ3) is 3.96. The highest BCUT2D eigenvalue weighted by Gasteiger charge is 2.25. The highest BCUT2D eigenvalue weighted by molar-refractivity contribution is 5.98. The number of carbonyl (C=O) groups excluding carboxylic acids is 2. The van der Waals surface area contributed by atoms with Crippen molar-refractivity contribution in [3.8, 4) is 17.1 Å². The van der Waals surface area contributed by atoms with Crippen molar-refractivity contribution in [3.63, 3.8) is 0 Å². The summed E-state index contributed by atoms with van der Waals surface area (Å²) in [5, 5.41) is 6.80. The van der Waals surface area contributed by atoms with E-state index in [9.17, 15) is 9.59 Å². The second-order valence-corrected chi connectivity index (χ2v) is 6.68. The van der Waals surface area contributed by atoms with Gasteiger partial charge in [-0.2, -0.15) is 4.98 Å². The van der Waals surface area contributed by atoms with Gasteiger partial charge in [0.25, 0.3) is 5.91 Å². The predicted molar refractivity (Wildman–Crippen MR) is 107 cm³/mol. The zero-order valence-electron chi connectivity index (χ0n) is 16.1. The number of nitrogens with one attached hydrogen (secondary N) is 1. The summed E-state index contributed by atoms with van der Waals surface area (Å²) in [7, 11) is 0. The topological polar surface area (TPSA) is 97.6 Å². The van der Waals surface area contributed by atoms with Crippen molar-refractivity contribution in [3.05, 3.63) is 53.9 Å². The molecule has 1 N–H and O–H groups in total. The summed E-state index contributed by atoms with van der Waals surface area (Å²) in [5.41, 5.74) is 3.17. The molecule has 2 aromatic carbocycles. The number of benzene rings is 2. The third-order valence-electron chi connectivity index (χ3n) is 4.57. The maximum Gasteiger partial charge on any atom is 0.265 e. The highest BCUT2D eigenvalue weighted by atomic mass is 16.5. The number of fused-ring (bicyclic) bond motifs is 1. The Labute approximate surface area is 167 Å². The Morgan fingerprint density at radius 1 is 1.21 bits per heavy atom. The maximum absolute atomic E-state index is 12.1. The Morgan fingerprint density at radius 2 is 2.00 bits per heavy atom. The van der Waals surface area contributed by atoms with Gasteiger partial charge < -0.3 is 19.5 Å². The molecule has 2 heterocycles. The first-order valence-electron chi connectivity index (χ1n) is 9.30. The summed E-state index contributed by atoms with van der Waals surface area (Å²) < 4.78 is 10.9. The number of hydrogen-bond donors (Lipinski definition) is 1. The quantitative estimate of drug-likeness (QED) is 0.717. The average molecular weight is 392 g/mol. The fourth-order valence-corrected chi connectivity index (χ4v) is 3.22. The molecule has 0 atom stereocenters. The van der Waals surface area contributed by atoms with E-state index in [1.807, 2.05) is 49.4 Å². The number of rotatable bonds is 5. The van der Waals surface area contributed by atoms with Gasteiger partial charge in [-0.1, -0.05) is 17.3 Å².